The highest BCUT2D eigenvalue weighted by molar-refractivity contribution is 5.84. The van der Waals surface area contributed by atoms with E-state index >= 15 is 0 Å². The van der Waals surface area contributed by atoms with E-state index in [1.54, 1.807) is 0 Å². The van der Waals surface area contributed by atoms with Crippen LogP contribution in [0.25, 0.3) is 10.9 Å². The minimum absolute atomic E-state index is 0.00119. The molecular weight excluding hydrogens is 350 g/mol. The second-order valence-electron chi connectivity index (χ2n) is 8.47. The number of ether oxygens (including phenoxy) is 1. The van der Waals surface area contributed by atoms with Gasteiger partial charge in [0.05, 0.1) is 12.2 Å². The van der Waals surface area contributed by atoms with Crippen molar-refractivity contribution in [2.24, 2.45) is 17.8 Å². The number of aromatic nitrogens is 1. The summed E-state index contributed by atoms with van der Waals surface area (Å²) in [5.74, 6) is 0.981. The number of nitriles is 1. The molecule has 0 saturated heterocycles. The van der Waals surface area contributed by atoms with Crippen LogP contribution >= 0.6 is 0 Å². The van der Waals surface area contributed by atoms with Crippen molar-refractivity contribution in [1.82, 2.24) is 9.88 Å². The number of fused-ring (bicyclic) bond motifs is 4. The molecule has 5 atom stereocenters. The van der Waals surface area contributed by atoms with Crippen molar-refractivity contribution in [3.63, 3.8) is 0 Å². The topological polar surface area (TPSA) is 72.3 Å². The summed E-state index contributed by atoms with van der Waals surface area (Å²) in [5, 5.41) is 21.5. The summed E-state index contributed by atoms with van der Waals surface area (Å²) >= 11 is 0. The summed E-state index contributed by atoms with van der Waals surface area (Å²) in [7, 11) is 0. The Bertz CT molecular complexity index is 855. The molecule has 0 bridgehead atoms. The molecule has 0 spiro atoms. The van der Waals surface area contributed by atoms with Gasteiger partial charge in [-0.25, -0.2) is 0 Å². The van der Waals surface area contributed by atoms with Crippen LogP contribution in [0, 0.1) is 29.2 Å². The monoisotopic (exact) mass is 381 g/mol. The maximum atomic E-state index is 10.5. The quantitative estimate of drug-likeness (QED) is 0.772. The summed E-state index contributed by atoms with van der Waals surface area (Å²) < 4.78 is 6.27. The van der Waals surface area contributed by atoms with Crippen LogP contribution in [0.2, 0.25) is 0 Å². The first-order valence-corrected chi connectivity index (χ1v) is 10.7. The molecule has 5 nitrogen and oxygen atoms in total. The fourth-order valence-corrected chi connectivity index (χ4v) is 5.40. The minimum atomic E-state index is -0.260. The minimum Gasteiger partial charge on any atom is -0.393 e. The maximum Gasteiger partial charge on any atom is 0.179 e. The van der Waals surface area contributed by atoms with Crippen molar-refractivity contribution in [3.05, 3.63) is 35.5 Å². The van der Waals surface area contributed by atoms with Gasteiger partial charge < -0.3 is 19.7 Å². The normalized spacial score (nSPS) is 31.1. The average Bonchev–Trinajstić information content (AvgIpc) is 3.08. The Kier molecular flexibility index (Phi) is 5.61. The molecule has 2 aromatic rings. The molecular formula is C23H31N3O2. The molecule has 5 heteroatoms. The molecule has 1 fully saturated rings. The highest BCUT2D eigenvalue weighted by atomic mass is 16.5. The summed E-state index contributed by atoms with van der Waals surface area (Å²) in [6.07, 6.45) is 5.69. The third kappa shape index (κ3) is 3.52. The first-order valence-electron chi connectivity index (χ1n) is 10.7. The number of para-hydroxylation sites is 1. The van der Waals surface area contributed by atoms with E-state index in [1.165, 1.54) is 10.9 Å². The fraction of sp³-hybridized carbons (Fsp3) is 0.609. The Labute approximate surface area is 167 Å². The SMILES string of the molecule is CCO[C@@H]1C[C@H]2[C@@H](CC[C@H](O)[C@@H]2C)CN(C#N)CCc2c1[nH]c1ccccc21. The number of hydrogen-bond acceptors (Lipinski definition) is 4. The van der Waals surface area contributed by atoms with Crippen molar-refractivity contribution >= 4 is 10.9 Å². The summed E-state index contributed by atoms with van der Waals surface area (Å²) in [5.41, 5.74) is 3.57. The third-order valence-corrected chi connectivity index (χ3v) is 6.97. The Balaban J connectivity index is 1.79. The Morgan fingerprint density at radius 1 is 1.32 bits per heavy atom. The number of nitrogens with one attached hydrogen (secondary N) is 1. The first kappa shape index (κ1) is 19.3. The summed E-state index contributed by atoms with van der Waals surface area (Å²) in [4.78, 5) is 5.56. The number of H-pyrrole nitrogens is 1. The van der Waals surface area contributed by atoms with Crippen LogP contribution in [0.5, 0.6) is 0 Å². The van der Waals surface area contributed by atoms with Gasteiger partial charge in [0, 0.05) is 36.3 Å². The lowest BCUT2D eigenvalue weighted by atomic mass is 9.68. The predicted octanol–water partition coefficient (Wildman–Crippen LogP) is 4.00. The molecule has 1 saturated carbocycles. The van der Waals surface area contributed by atoms with Crippen molar-refractivity contribution < 1.29 is 9.84 Å². The van der Waals surface area contributed by atoms with Crippen LogP contribution < -0.4 is 0 Å². The van der Waals surface area contributed by atoms with Gasteiger partial charge in [-0.1, -0.05) is 25.1 Å². The van der Waals surface area contributed by atoms with Gasteiger partial charge in [-0.2, -0.15) is 5.26 Å². The smallest absolute Gasteiger partial charge is 0.179 e. The van der Waals surface area contributed by atoms with E-state index in [0.717, 1.165) is 50.0 Å². The van der Waals surface area contributed by atoms with Gasteiger partial charge in [0.2, 0.25) is 0 Å². The first-order chi connectivity index (χ1) is 13.6. The lowest BCUT2D eigenvalue weighted by Gasteiger charge is -2.42. The fourth-order valence-electron chi connectivity index (χ4n) is 5.40. The molecule has 1 aliphatic heterocycles. The molecule has 2 heterocycles. The largest absolute Gasteiger partial charge is 0.393 e. The van der Waals surface area contributed by atoms with Gasteiger partial charge in [-0.05, 0) is 62.0 Å². The number of benzene rings is 1. The number of aliphatic hydroxyl groups is 1. The predicted molar refractivity (Wildman–Crippen MR) is 110 cm³/mol. The number of aliphatic hydroxyl groups excluding tert-OH is 1. The Morgan fingerprint density at radius 3 is 2.93 bits per heavy atom. The highest BCUT2D eigenvalue weighted by Crippen LogP contribution is 2.43. The van der Waals surface area contributed by atoms with E-state index in [2.05, 4.69) is 49.3 Å². The van der Waals surface area contributed by atoms with E-state index in [9.17, 15) is 10.4 Å². The zero-order valence-electron chi connectivity index (χ0n) is 16.9. The molecule has 0 unspecified atom stereocenters. The van der Waals surface area contributed by atoms with E-state index < -0.39 is 0 Å². The number of nitrogens with zero attached hydrogens (tertiary/aromatic N) is 2. The lowest BCUT2D eigenvalue weighted by Crippen LogP contribution is -2.42. The molecule has 2 N–H and O–H groups in total. The van der Waals surface area contributed by atoms with Crippen molar-refractivity contribution in [2.75, 3.05) is 19.7 Å². The average molecular weight is 382 g/mol. The molecule has 2 aliphatic rings. The van der Waals surface area contributed by atoms with Crippen molar-refractivity contribution in [1.29, 1.82) is 5.26 Å². The molecule has 4 rings (SSSR count). The van der Waals surface area contributed by atoms with Gasteiger partial charge in [-0.15, -0.1) is 0 Å². The van der Waals surface area contributed by atoms with Gasteiger partial charge >= 0.3 is 0 Å². The van der Waals surface area contributed by atoms with Crippen molar-refractivity contribution in [3.8, 4) is 6.19 Å². The molecule has 1 aromatic heterocycles. The molecule has 28 heavy (non-hydrogen) atoms. The zero-order valence-corrected chi connectivity index (χ0v) is 16.9. The standard InChI is InChI=1S/C23H31N3O2/c1-3-28-22-12-19-15(2)21(27)9-8-16(19)13-26(14-24)11-10-18-17-6-4-5-7-20(17)25-23(18)22/h4-7,15-16,19,21-22,25,27H,3,8-13H2,1-2H3/t15-,16+,19-,21+,22-/m1/s1. The van der Waals surface area contributed by atoms with Gasteiger partial charge in [0.25, 0.3) is 0 Å². The summed E-state index contributed by atoms with van der Waals surface area (Å²) in [6, 6.07) is 8.40. The van der Waals surface area contributed by atoms with Gasteiger partial charge in [0.15, 0.2) is 6.19 Å². The van der Waals surface area contributed by atoms with Crippen LogP contribution in [0.1, 0.15) is 50.5 Å². The highest BCUT2D eigenvalue weighted by Gasteiger charge is 2.39. The second kappa shape index (κ2) is 8.14. The van der Waals surface area contributed by atoms with E-state index in [0.29, 0.717) is 18.4 Å². The molecule has 1 aromatic carbocycles. The Morgan fingerprint density at radius 2 is 2.14 bits per heavy atom. The molecule has 0 radical (unpaired) electrons. The van der Waals surface area contributed by atoms with Crippen LogP contribution in [0.3, 0.4) is 0 Å². The van der Waals surface area contributed by atoms with E-state index in [1.807, 2.05) is 4.90 Å². The molecule has 1 aliphatic carbocycles. The van der Waals surface area contributed by atoms with Crippen LogP contribution in [-0.4, -0.2) is 40.8 Å². The number of aromatic amines is 1. The molecule has 0 amide bonds. The second-order valence-corrected chi connectivity index (χ2v) is 8.47. The maximum absolute atomic E-state index is 10.5. The zero-order chi connectivity index (χ0) is 19.7. The van der Waals surface area contributed by atoms with Crippen LogP contribution in [0.4, 0.5) is 0 Å². The van der Waals surface area contributed by atoms with Gasteiger partial charge in [0.1, 0.15) is 0 Å². The Hall–Kier alpha value is -2.03. The van der Waals surface area contributed by atoms with Crippen LogP contribution in [-0.2, 0) is 11.2 Å². The third-order valence-electron chi connectivity index (χ3n) is 6.97. The van der Waals surface area contributed by atoms with E-state index in [4.69, 9.17) is 4.74 Å². The molecule has 150 valence electrons. The summed E-state index contributed by atoms with van der Waals surface area (Å²) in [6.45, 7) is 6.39. The van der Waals surface area contributed by atoms with E-state index in [-0.39, 0.29) is 18.1 Å². The number of hydrogen-bond donors (Lipinski definition) is 2. The number of rotatable bonds is 2. The van der Waals surface area contributed by atoms with Crippen molar-refractivity contribution in [2.45, 2.75) is 51.7 Å². The van der Waals surface area contributed by atoms with Crippen LogP contribution in [0.15, 0.2) is 24.3 Å². The lowest BCUT2D eigenvalue weighted by molar-refractivity contribution is -0.0344. The van der Waals surface area contributed by atoms with Gasteiger partial charge in [-0.3, -0.25) is 0 Å².